The zero-order valence-electron chi connectivity index (χ0n) is 21.8. The molecule has 1 saturated carbocycles. The lowest BCUT2D eigenvalue weighted by atomic mass is 9.95. The van der Waals surface area contributed by atoms with Crippen LogP contribution in [0.25, 0.3) is 11.4 Å². The summed E-state index contributed by atoms with van der Waals surface area (Å²) in [5.41, 5.74) is 2.14. The number of thioether (sulfide) groups is 1. The quantitative estimate of drug-likeness (QED) is 0.280. The first kappa shape index (κ1) is 29.5. The molecule has 1 amide bonds. The molecule has 2 aromatic carbocycles. The molecule has 4 aromatic rings. The Morgan fingerprint density at radius 3 is 2.42 bits per heavy atom. The van der Waals surface area contributed by atoms with Crippen molar-refractivity contribution in [2.24, 2.45) is 0 Å². The molecule has 5 rings (SSSR count). The first-order chi connectivity index (χ1) is 18.9. The Balaban J connectivity index is 0.00000370. The van der Waals surface area contributed by atoms with Crippen LogP contribution in [0.5, 0.6) is 0 Å². The maximum Gasteiger partial charge on any atom is 0.264 e. The van der Waals surface area contributed by atoms with E-state index in [4.69, 9.17) is 0 Å². The lowest BCUT2D eigenvalue weighted by Gasteiger charge is -2.25. The van der Waals surface area contributed by atoms with Crippen molar-refractivity contribution in [1.82, 2.24) is 24.7 Å². The third-order valence-electron chi connectivity index (χ3n) is 6.44. The highest BCUT2D eigenvalue weighted by atomic mass is 35.5. The summed E-state index contributed by atoms with van der Waals surface area (Å²) in [6.07, 6.45) is 7.19. The van der Waals surface area contributed by atoms with E-state index in [0.29, 0.717) is 17.4 Å². The van der Waals surface area contributed by atoms with Gasteiger partial charge in [0.2, 0.25) is 11.9 Å². The number of aromatic nitrogens is 5. The summed E-state index contributed by atoms with van der Waals surface area (Å²) < 4.78 is 29.9. The molecule has 2 aromatic heterocycles. The number of benzene rings is 2. The number of rotatable bonds is 9. The largest absolute Gasteiger partial charge is 1.00 e. The molecule has 0 saturated heterocycles. The fourth-order valence-electron chi connectivity index (χ4n) is 4.55. The van der Waals surface area contributed by atoms with Crippen LogP contribution < -0.4 is 22.4 Å². The number of anilines is 2. The van der Waals surface area contributed by atoms with Crippen molar-refractivity contribution in [3.05, 3.63) is 72.6 Å². The van der Waals surface area contributed by atoms with Crippen LogP contribution in [0.4, 0.5) is 11.6 Å². The molecular weight excluding hydrogens is 570 g/mol. The summed E-state index contributed by atoms with van der Waals surface area (Å²) in [5.74, 6) is 0.750. The number of amides is 1. The van der Waals surface area contributed by atoms with Gasteiger partial charge in [-0.2, -0.15) is 0 Å². The van der Waals surface area contributed by atoms with Crippen LogP contribution >= 0.6 is 11.8 Å². The number of nitrogens with zero attached hydrogens (tertiary/aromatic N) is 5. The average molecular weight is 599 g/mol. The van der Waals surface area contributed by atoms with Crippen LogP contribution in [0.1, 0.15) is 43.8 Å². The van der Waals surface area contributed by atoms with Crippen molar-refractivity contribution < 1.29 is 25.6 Å². The Bertz CT molecular complexity index is 1540. The Morgan fingerprint density at radius 2 is 1.73 bits per heavy atom. The van der Waals surface area contributed by atoms with Gasteiger partial charge in [0.15, 0.2) is 11.0 Å². The van der Waals surface area contributed by atoms with Crippen molar-refractivity contribution >= 4 is 39.3 Å². The minimum absolute atomic E-state index is 0. The first-order valence-corrected chi connectivity index (χ1v) is 15.2. The van der Waals surface area contributed by atoms with Crippen LogP contribution in [0.2, 0.25) is 0 Å². The molecule has 0 bridgehead atoms. The van der Waals surface area contributed by atoms with Crippen molar-refractivity contribution in [2.45, 2.75) is 55.1 Å². The molecule has 1 aliphatic carbocycles. The predicted molar refractivity (Wildman–Crippen MR) is 151 cm³/mol. The Hall–Kier alpha value is -3.48. The van der Waals surface area contributed by atoms with Gasteiger partial charge in [-0.25, -0.2) is 23.1 Å². The molecule has 0 spiro atoms. The molecule has 2 N–H and O–H groups in total. The summed E-state index contributed by atoms with van der Waals surface area (Å²) in [6, 6.07) is 17.9. The summed E-state index contributed by atoms with van der Waals surface area (Å²) in [4.78, 5) is 20.8. The fourth-order valence-corrected chi connectivity index (χ4v) is 6.31. The van der Waals surface area contributed by atoms with Gasteiger partial charge in [0, 0.05) is 29.2 Å². The molecular formula is C27H29ClN7O3S2-. The summed E-state index contributed by atoms with van der Waals surface area (Å²) in [6.45, 7) is 1.75. The lowest BCUT2D eigenvalue weighted by molar-refractivity contribution is -0.113. The standard InChI is InChI=1S/C27H29N7O3S2.ClH/c1-19-16-17-28-26(29-19)33-39(36,37)23-14-12-21(13-15-23)30-24(35)18-38-27-32-31-25(20-8-4-2-5-9-20)34(27)22-10-6-3-7-11-22;/h2,4-5,8-9,12-17,22H,3,6-7,10-11,18H2,1H3,(H,30,35)(H,28,29,33);1H/p-1. The van der Waals surface area contributed by atoms with Crippen LogP contribution in [-0.2, 0) is 14.8 Å². The van der Waals surface area contributed by atoms with Gasteiger partial charge in [0.25, 0.3) is 10.0 Å². The van der Waals surface area contributed by atoms with E-state index in [1.54, 1.807) is 25.1 Å². The van der Waals surface area contributed by atoms with E-state index in [9.17, 15) is 13.2 Å². The van der Waals surface area contributed by atoms with Crippen LogP contribution in [-0.4, -0.2) is 44.8 Å². The van der Waals surface area contributed by atoms with E-state index in [0.717, 1.165) is 29.4 Å². The van der Waals surface area contributed by atoms with Crippen molar-refractivity contribution in [1.29, 1.82) is 0 Å². The second-order valence-electron chi connectivity index (χ2n) is 9.32. The molecule has 2 heterocycles. The van der Waals surface area contributed by atoms with E-state index >= 15 is 0 Å². The topological polar surface area (TPSA) is 132 Å². The summed E-state index contributed by atoms with van der Waals surface area (Å²) in [5, 5.41) is 12.5. The van der Waals surface area contributed by atoms with Gasteiger partial charge in [-0.15, -0.1) is 10.2 Å². The minimum atomic E-state index is -3.87. The Morgan fingerprint density at radius 1 is 1.00 bits per heavy atom. The normalized spacial score (nSPS) is 13.8. The highest BCUT2D eigenvalue weighted by Crippen LogP contribution is 2.35. The van der Waals surface area contributed by atoms with Crippen molar-refractivity contribution in [3.63, 3.8) is 0 Å². The molecule has 13 heteroatoms. The van der Waals surface area contributed by atoms with E-state index in [-0.39, 0.29) is 34.9 Å². The van der Waals surface area contributed by atoms with Crippen molar-refractivity contribution in [3.8, 4) is 11.4 Å². The zero-order valence-corrected chi connectivity index (χ0v) is 24.2. The van der Waals surface area contributed by atoms with Gasteiger partial charge in [-0.3, -0.25) is 9.36 Å². The Kier molecular flexibility index (Phi) is 9.77. The highest BCUT2D eigenvalue weighted by Gasteiger charge is 2.24. The smallest absolute Gasteiger partial charge is 0.264 e. The van der Waals surface area contributed by atoms with Gasteiger partial charge in [-0.1, -0.05) is 61.4 Å². The third-order valence-corrected chi connectivity index (χ3v) is 8.72. The zero-order chi connectivity index (χ0) is 27.2. The average Bonchev–Trinajstić information content (AvgIpc) is 3.37. The molecule has 40 heavy (non-hydrogen) atoms. The van der Waals surface area contributed by atoms with Gasteiger partial charge in [0.05, 0.1) is 10.6 Å². The monoisotopic (exact) mass is 598 g/mol. The van der Waals surface area contributed by atoms with E-state index < -0.39 is 10.0 Å². The number of aryl methyl sites for hydroxylation is 1. The second-order valence-corrected chi connectivity index (χ2v) is 11.9. The molecule has 0 atom stereocenters. The number of hydrogen-bond donors (Lipinski definition) is 2. The molecule has 210 valence electrons. The van der Waals surface area contributed by atoms with E-state index in [2.05, 4.69) is 34.8 Å². The van der Waals surface area contributed by atoms with Crippen LogP contribution in [0.15, 0.2) is 76.9 Å². The van der Waals surface area contributed by atoms with Gasteiger partial charge >= 0.3 is 0 Å². The van der Waals surface area contributed by atoms with Gasteiger partial charge in [-0.05, 0) is 50.1 Å². The molecule has 0 radical (unpaired) electrons. The summed E-state index contributed by atoms with van der Waals surface area (Å²) >= 11 is 1.35. The number of nitrogens with one attached hydrogen (secondary N) is 2. The Labute approximate surface area is 243 Å². The highest BCUT2D eigenvalue weighted by molar-refractivity contribution is 7.99. The lowest BCUT2D eigenvalue weighted by Crippen LogP contribution is -3.00. The minimum Gasteiger partial charge on any atom is -1.00 e. The molecule has 1 aliphatic rings. The fraction of sp³-hybridized carbons (Fsp3) is 0.296. The number of halogens is 1. The number of hydrogen-bond acceptors (Lipinski definition) is 8. The number of sulfonamides is 1. The molecule has 0 aliphatic heterocycles. The summed E-state index contributed by atoms with van der Waals surface area (Å²) in [7, 11) is -3.87. The SMILES string of the molecule is Cc1ccnc(NS(=O)(=O)c2ccc(NC(=O)CSc3nnc(-c4ccccc4)n3C3CCCCC3)cc2)n1.[Cl-]. The molecule has 1 fully saturated rings. The maximum absolute atomic E-state index is 12.8. The van der Waals surface area contributed by atoms with Gasteiger partial charge in [0.1, 0.15) is 0 Å². The van der Waals surface area contributed by atoms with Crippen molar-refractivity contribution in [2.75, 3.05) is 15.8 Å². The first-order valence-electron chi connectivity index (χ1n) is 12.7. The van der Waals surface area contributed by atoms with E-state index in [1.165, 1.54) is 49.4 Å². The number of carbonyl (C=O) groups is 1. The maximum atomic E-state index is 12.8. The van der Waals surface area contributed by atoms with Crippen LogP contribution in [0, 0.1) is 6.92 Å². The third kappa shape index (κ3) is 7.18. The van der Waals surface area contributed by atoms with Gasteiger partial charge < -0.3 is 17.7 Å². The molecule has 10 nitrogen and oxygen atoms in total. The van der Waals surface area contributed by atoms with Crippen LogP contribution in [0.3, 0.4) is 0 Å². The predicted octanol–water partition coefficient (Wildman–Crippen LogP) is 2.08. The molecule has 0 unspecified atom stereocenters. The number of carbonyl (C=O) groups excluding carboxylic acids is 1. The second kappa shape index (κ2) is 13.2. The van der Waals surface area contributed by atoms with E-state index in [1.807, 2.05) is 30.3 Å².